The molecule has 0 bridgehead atoms. The summed E-state index contributed by atoms with van der Waals surface area (Å²) < 4.78 is 12.5. The molecule has 0 amide bonds. The Morgan fingerprint density at radius 1 is 1.16 bits per heavy atom. The van der Waals surface area contributed by atoms with Crippen molar-refractivity contribution in [2.24, 2.45) is 0 Å². The first-order valence-corrected chi connectivity index (χ1v) is 11.5. The van der Waals surface area contributed by atoms with Crippen molar-refractivity contribution >= 4 is 28.5 Å². The molecule has 4 heterocycles. The number of para-hydroxylation sites is 1. The highest BCUT2D eigenvalue weighted by Crippen LogP contribution is 2.39. The van der Waals surface area contributed by atoms with Gasteiger partial charge in [0.15, 0.2) is 0 Å². The summed E-state index contributed by atoms with van der Waals surface area (Å²) >= 11 is 0. The van der Waals surface area contributed by atoms with E-state index in [0.717, 1.165) is 16.5 Å². The van der Waals surface area contributed by atoms with E-state index in [0.29, 0.717) is 23.5 Å². The number of cyclic esters (lactones) is 1. The minimum absolute atomic E-state index is 0.107. The lowest BCUT2D eigenvalue weighted by atomic mass is 9.89. The molecule has 0 spiro atoms. The molecular weight excluding hydrogens is 478 g/mol. The number of hydrogen-bond donors (Lipinski definition) is 0. The van der Waals surface area contributed by atoms with Crippen LogP contribution in [0.5, 0.6) is 0 Å². The van der Waals surface area contributed by atoms with Gasteiger partial charge in [0.2, 0.25) is 5.60 Å². The molecule has 0 N–H and O–H groups in total. The zero-order chi connectivity index (χ0) is 25.9. The maximum atomic E-state index is 13.5. The normalized spacial score (nSPS) is 17.5. The first-order chi connectivity index (χ1) is 17.7. The molecule has 2 aromatic carbocycles. The molecule has 10 heteroatoms. The lowest BCUT2D eigenvalue weighted by Crippen LogP contribution is -2.46. The third kappa shape index (κ3) is 3.56. The van der Waals surface area contributed by atoms with Crippen LogP contribution >= 0.6 is 0 Å². The predicted octanol–water partition coefficient (Wildman–Crippen LogP) is 3.39. The number of nitrogens with zero attached hydrogens (tertiary/aromatic N) is 3. The number of aromatic nitrogens is 2. The van der Waals surface area contributed by atoms with Crippen molar-refractivity contribution in [3.05, 3.63) is 103 Å². The Hall–Kier alpha value is -4.86. The standard InChI is InChI=1S/C27H19N3O7/c1-27(37-23(31)10-15-6-8-18(9-7-15)30(34)35)20-12-22-24-17(11-16-4-2-3-5-21(16)28-24)13-29(22)25(32)19(20)14-36-26(27)33/h2-9,11-12H,10,13-14H2,1H3/t27-/m0/s1. The van der Waals surface area contributed by atoms with Crippen LogP contribution in [-0.2, 0) is 44.2 Å². The number of benzene rings is 2. The van der Waals surface area contributed by atoms with Gasteiger partial charge in [-0.1, -0.05) is 30.3 Å². The molecular formula is C27H19N3O7. The van der Waals surface area contributed by atoms with E-state index in [1.165, 1.54) is 31.2 Å². The zero-order valence-electron chi connectivity index (χ0n) is 19.6. The van der Waals surface area contributed by atoms with E-state index in [2.05, 4.69) is 0 Å². The number of esters is 2. The average Bonchev–Trinajstić information content (AvgIpc) is 3.23. The second-order valence-electron chi connectivity index (χ2n) is 9.19. The Kier molecular flexibility index (Phi) is 4.94. The Balaban J connectivity index is 1.38. The van der Waals surface area contributed by atoms with Crippen LogP contribution in [0, 0.1) is 10.1 Å². The van der Waals surface area contributed by atoms with Gasteiger partial charge in [0.05, 0.1) is 40.4 Å². The van der Waals surface area contributed by atoms with E-state index in [1.54, 1.807) is 10.6 Å². The molecule has 0 fully saturated rings. The Labute approximate surface area is 209 Å². The van der Waals surface area contributed by atoms with Crippen LogP contribution in [0.15, 0.2) is 65.5 Å². The fourth-order valence-corrected chi connectivity index (χ4v) is 4.93. The first kappa shape index (κ1) is 22.6. The van der Waals surface area contributed by atoms with Crippen molar-refractivity contribution in [3.63, 3.8) is 0 Å². The number of pyridine rings is 2. The van der Waals surface area contributed by atoms with Gasteiger partial charge in [-0.15, -0.1) is 0 Å². The number of nitro groups is 1. The molecule has 4 aromatic rings. The number of fused-ring (bicyclic) bond motifs is 5. The highest BCUT2D eigenvalue weighted by Gasteiger charge is 2.48. The van der Waals surface area contributed by atoms with Crippen molar-refractivity contribution in [1.29, 1.82) is 0 Å². The summed E-state index contributed by atoms with van der Waals surface area (Å²) in [6.45, 7) is 1.51. The smallest absolute Gasteiger partial charge is 0.355 e. The maximum absolute atomic E-state index is 13.5. The van der Waals surface area contributed by atoms with E-state index < -0.39 is 22.5 Å². The molecule has 10 nitrogen and oxygen atoms in total. The number of ether oxygens (including phenoxy) is 2. The summed E-state index contributed by atoms with van der Waals surface area (Å²) in [5, 5.41) is 11.8. The molecule has 0 saturated carbocycles. The van der Waals surface area contributed by atoms with Gasteiger partial charge >= 0.3 is 11.9 Å². The summed E-state index contributed by atoms with van der Waals surface area (Å²) in [6, 6.07) is 16.8. The molecule has 0 saturated heterocycles. The lowest BCUT2D eigenvalue weighted by Gasteiger charge is -2.33. The number of carbonyl (C=O) groups excluding carboxylic acids is 2. The SMILES string of the molecule is C[C@@]1(OC(=O)Cc2ccc([N+](=O)[O-])cc2)C(=O)OCc2c1cc1n(c2=O)Cc2cc3ccccc3nc2-1. The second-order valence-corrected chi connectivity index (χ2v) is 9.19. The number of non-ortho nitro benzene ring substituents is 1. The maximum Gasteiger partial charge on any atom is 0.355 e. The van der Waals surface area contributed by atoms with Crippen LogP contribution < -0.4 is 5.56 Å². The molecule has 2 aliphatic heterocycles. The van der Waals surface area contributed by atoms with E-state index >= 15 is 0 Å². The Bertz CT molecular complexity index is 1710. The van der Waals surface area contributed by atoms with Gasteiger partial charge in [-0.2, -0.15) is 0 Å². The highest BCUT2D eigenvalue weighted by molar-refractivity contribution is 5.88. The van der Waals surface area contributed by atoms with Crippen LogP contribution in [0.25, 0.3) is 22.3 Å². The molecule has 37 heavy (non-hydrogen) atoms. The fourth-order valence-electron chi connectivity index (χ4n) is 4.93. The number of rotatable bonds is 4. The van der Waals surface area contributed by atoms with Crippen molar-refractivity contribution in [1.82, 2.24) is 9.55 Å². The fraction of sp³-hybridized carbons (Fsp3) is 0.185. The van der Waals surface area contributed by atoms with Gasteiger partial charge in [-0.25, -0.2) is 9.78 Å². The minimum Gasteiger partial charge on any atom is -0.457 e. The van der Waals surface area contributed by atoms with Crippen LogP contribution in [0.2, 0.25) is 0 Å². The van der Waals surface area contributed by atoms with E-state index in [9.17, 15) is 24.5 Å². The summed E-state index contributed by atoms with van der Waals surface area (Å²) in [4.78, 5) is 54.4. The summed E-state index contributed by atoms with van der Waals surface area (Å²) in [5.74, 6) is -1.53. The molecule has 6 rings (SSSR count). The average molecular weight is 497 g/mol. The number of carbonyl (C=O) groups is 2. The van der Waals surface area contributed by atoms with Gasteiger partial charge in [-0.3, -0.25) is 19.7 Å². The Morgan fingerprint density at radius 3 is 2.68 bits per heavy atom. The lowest BCUT2D eigenvalue weighted by molar-refractivity contribution is -0.384. The molecule has 2 aromatic heterocycles. The van der Waals surface area contributed by atoms with Gasteiger partial charge in [-0.05, 0) is 30.7 Å². The van der Waals surface area contributed by atoms with Crippen molar-refractivity contribution in [2.75, 3.05) is 0 Å². The van der Waals surface area contributed by atoms with Crippen LogP contribution in [-0.4, -0.2) is 26.4 Å². The topological polar surface area (TPSA) is 131 Å². The largest absolute Gasteiger partial charge is 0.457 e. The molecule has 0 unspecified atom stereocenters. The van der Waals surface area contributed by atoms with E-state index in [1.807, 2.05) is 30.3 Å². The minimum atomic E-state index is -1.85. The highest BCUT2D eigenvalue weighted by atomic mass is 16.6. The number of nitro benzene ring substituents is 1. The summed E-state index contributed by atoms with van der Waals surface area (Å²) in [7, 11) is 0. The quantitative estimate of drug-likeness (QED) is 0.210. The van der Waals surface area contributed by atoms with Gasteiger partial charge in [0.25, 0.3) is 11.2 Å². The van der Waals surface area contributed by atoms with Crippen molar-refractivity contribution < 1.29 is 24.0 Å². The van der Waals surface area contributed by atoms with Gasteiger partial charge < -0.3 is 14.0 Å². The van der Waals surface area contributed by atoms with Gasteiger partial charge in [0.1, 0.15) is 6.61 Å². The third-order valence-corrected chi connectivity index (χ3v) is 6.84. The zero-order valence-corrected chi connectivity index (χ0v) is 19.6. The molecule has 1 atom stereocenters. The third-order valence-electron chi connectivity index (χ3n) is 6.84. The molecule has 2 aliphatic rings. The van der Waals surface area contributed by atoms with Crippen LogP contribution in [0.3, 0.4) is 0 Å². The van der Waals surface area contributed by atoms with Crippen molar-refractivity contribution in [2.45, 2.75) is 32.1 Å². The monoisotopic (exact) mass is 497 g/mol. The predicted molar refractivity (Wildman–Crippen MR) is 131 cm³/mol. The molecule has 184 valence electrons. The van der Waals surface area contributed by atoms with Gasteiger partial charge in [0, 0.05) is 28.6 Å². The Morgan fingerprint density at radius 2 is 1.92 bits per heavy atom. The first-order valence-electron chi connectivity index (χ1n) is 11.5. The van der Waals surface area contributed by atoms with E-state index in [-0.39, 0.29) is 35.4 Å². The molecule has 0 radical (unpaired) electrons. The second kappa shape index (κ2) is 8.09. The summed E-state index contributed by atoms with van der Waals surface area (Å²) in [6.07, 6.45) is -0.226. The van der Waals surface area contributed by atoms with E-state index in [4.69, 9.17) is 14.5 Å². The summed E-state index contributed by atoms with van der Waals surface area (Å²) in [5.41, 5.74) is 1.52. The molecule has 0 aliphatic carbocycles. The number of hydrogen-bond acceptors (Lipinski definition) is 8. The van der Waals surface area contributed by atoms with Crippen LogP contribution in [0.4, 0.5) is 5.69 Å². The van der Waals surface area contributed by atoms with Crippen molar-refractivity contribution in [3.8, 4) is 11.4 Å². The van der Waals surface area contributed by atoms with Crippen LogP contribution in [0.1, 0.15) is 29.2 Å².